The fourth-order valence-electron chi connectivity index (χ4n) is 1.16. The fraction of sp³-hybridized carbons (Fsp3) is 0.333. The van der Waals surface area contributed by atoms with Gasteiger partial charge in [0.2, 0.25) is 5.88 Å². The van der Waals surface area contributed by atoms with Crippen LogP contribution in [0.1, 0.15) is 12.8 Å². The van der Waals surface area contributed by atoms with Crippen LogP contribution in [0.5, 0.6) is 11.9 Å². The maximum absolute atomic E-state index is 11.4. The molecule has 1 aliphatic heterocycles. The third-order valence-electron chi connectivity index (χ3n) is 1.98. The molecule has 7 nitrogen and oxygen atoms in total. The SMILES string of the molecule is N[C@@H]1CCC(=O)Oc2ccnc(n2)OC1=O. The van der Waals surface area contributed by atoms with Gasteiger partial charge >= 0.3 is 17.9 Å². The fourth-order valence-corrected chi connectivity index (χ4v) is 1.16. The van der Waals surface area contributed by atoms with Gasteiger partial charge in [0.05, 0.1) is 0 Å². The van der Waals surface area contributed by atoms with Crippen LogP contribution in [0.2, 0.25) is 0 Å². The van der Waals surface area contributed by atoms with E-state index in [2.05, 4.69) is 9.97 Å². The van der Waals surface area contributed by atoms with Crippen molar-refractivity contribution in [1.29, 1.82) is 0 Å². The molecule has 0 fully saturated rings. The van der Waals surface area contributed by atoms with Gasteiger partial charge in [-0.25, -0.2) is 9.78 Å². The Labute approximate surface area is 90.6 Å². The molecule has 0 spiro atoms. The summed E-state index contributed by atoms with van der Waals surface area (Å²) in [5.41, 5.74) is 5.50. The smallest absolute Gasteiger partial charge is 0.330 e. The van der Waals surface area contributed by atoms with Crippen molar-refractivity contribution < 1.29 is 19.1 Å². The Morgan fingerprint density at radius 3 is 3.00 bits per heavy atom. The normalized spacial score (nSPS) is 20.9. The van der Waals surface area contributed by atoms with Crippen LogP contribution in [0.3, 0.4) is 0 Å². The number of aromatic nitrogens is 2. The summed E-state index contributed by atoms with van der Waals surface area (Å²) in [7, 11) is 0. The second kappa shape index (κ2) is 4.23. The van der Waals surface area contributed by atoms with Crippen LogP contribution in [-0.4, -0.2) is 27.9 Å². The Hall–Kier alpha value is -2.02. The van der Waals surface area contributed by atoms with Gasteiger partial charge in [-0.1, -0.05) is 0 Å². The van der Waals surface area contributed by atoms with Gasteiger partial charge in [-0.3, -0.25) is 4.79 Å². The standard InChI is InChI=1S/C9H9N3O4/c10-5-1-2-7(13)15-6-3-4-11-9(12-6)16-8(5)14/h3-5H,1-2,10H2/t5-/m1/s1. The van der Waals surface area contributed by atoms with Gasteiger partial charge in [0.1, 0.15) is 6.04 Å². The maximum atomic E-state index is 11.4. The molecule has 1 atom stereocenters. The van der Waals surface area contributed by atoms with Gasteiger partial charge in [0.25, 0.3) is 0 Å². The molecule has 0 amide bonds. The lowest BCUT2D eigenvalue weighted by molar-refractivity contribution is -0.138. The minimum atomic E-state index is -0.877. The van der Waals surface area contributed by atoms with Crippen molar-refractivity contribution in [1.82, 2.24) is 9.97 Å². The molecule has 7 heteroatoms. The van der Waals surface area contributed by atoms with Crippen molar-refractivity contribution >= 4 is 11.9 Å². The summed E-state index contributed by atoms with van der Waals surface area (Å²) >= 11 is 0. The van der Waals surface area contributed by atoms with Crippen LogP contribution in [0.4, 0.5) is 0 Å². The van der Waals surface area contributed by atoms with Crippen LogP contribution in [0, 0.1) is 0 Å². The summed E-state index contributed by atoms with van der Waals surface area (Å²) in [5.74, 6) is -1.10. The van der Waals surface area contributed by atoms with Crippen molar-refractivity contribution in [3.05, 3.63) is 12.3 Å². The van der Waals surface area contributed by atoms with Crippen molar-refractivity contribution in [3.8, 4) is 11.9 Å². The number of nitrogens with two attached hydrogens (primary N) is 1. The molecule has 0 aliphatic carbocycles. The zero-order chi connectivity index (χ0) is 11.5. The molecular formula is C9H9N3O4. The average Bonchev–Trinajstić information content (AvgIpc) is 2.25. The highest BCUT2D eigenvalue weighted by Gasteiger charge is 2.21. The van der Waals surface area contributed by atoms with Gasteiger partial charge in [0, 0.05) is 18.7 Å². The molecular weight excluding hydrogens is 214 g/mol. The summed E-state index contributed by atoms with van der Waals surface area (Å²) < 4.78 is 9.68. The predicted octanol–water partition coefficient (Wildman–Crippen LogP) is -0.592. The quantitative estimate of drug-likeness (QED) is 0.586. The zero-order valence-corrected chi connectivity index (χ0v) is 8.25. The number of esters is 2. The number of hydrogen-bond acceptors (Lipinski definition) is 7. The van der Waals surface area contributed by atoms with Gasteiger partial charge in [-0.2, -0.15) is 4.98 Å². The summed E-state index contributed by atoms with van der Waals surface area (Å²) in [6.07, 6.45) is 1.53. The summed E-state index contributed by atoms with van der Waals surface area (Å²) in [4.78, 5) is 30.0. The molecule has 2 rings (SSSR count). The summed E-state index contributed by atoms with van der Waals surface area (Å²) in [5, 5.41) is 0. The lowest BCUT2D eigenvalue weighted by Gasteiger charge is -2.12. The Kier molecular flexibility index (Phi) is 2.78. The molecule has 0 saturated carbocycles. The second-order valence-electron chi connectivity index (χ2n) is 3.22. The molecule has 1 aliphatic rings. The van der Waals surface area contributed by atoms with Gasteiger partial charge in [0.15, 0.2) is 0 Å². The highest BCUT2D eigenvalue weighted by atomic mass is 16.6. The van der Waals surface area contributed by atoms with Crippen molar-refractivity contribution in [2.24, 2.45) is 5.73 Å². The van der Waals surface area contributed by atoms with E-state index < -0.39 is 18.0 Å². The number of ether oxygens (including phenoxy) is 2. The Morgan fingerprint density at radius 2 is 2.19 bits per heavy atom. The van der Waals surface area contributed by atoms with E-state index in [0.717, 1.165) is 0 Å². The molecule has 16 heavy (non-hydrogen) atoms. The van der Waals surface area contributed by atoms with Crippen LogP contribution in [0.15, 0.2) is 12.3 Å². The monoisotopic (exact) mass is 223 g/mol. The topological polar surface area (TPSA) is 104 Å². The van der Waals surface area contributed by atoms with Gasteiger partial charge < -0.3 is 15.2 Å². The minimum absolute atomic E-state index is 0.0373. The van der Waals surface area contributed by atoms with Crippen LogP contribution >= 0.6 is 0 Å². The van der Waals surface area contributed by atoms with E-state index in [-0.39, 0.29) is 24.7 Å². The first-order chi connectivity index (χ1) is 7.65. The van der Waals surface area contributed by atoms with E-state index in [1.54, 1.807) is 0 Å². The largest absolute Gasteiger partial charge is 0.407 e. The Balaban J connectivity index is 2.30. The van der Waals surface area contributed by atoms with Crippen molar-refractivity contribution in [3.63, 3.8) is 0 Å². The van der Waals surface area contributed by atoms with E-state index in [4.69, 9.17) is 15.2 Å². The van der Waals surface area contributed by atoms with Gasteiger partial charge in [-0.15, -0.1) is 0 Å². The second-order valence-corrected chi connectivity index (χ2v) is 3.22. The summed E-state index contributed by atoms with van der Waals surface area (Å²) in [6.45, 7) is 0. The number of carbonyl (C=O) groups excluding carboxylic acids is 2. The number of fused-ring (bicyclic) bond motifs is 2. The van der Waals surface area contributed by atoms with Crippen LogP contribution in [-0.2, 0) is 9.59 Å². The third-order valence-corrected chi connectivity index (χ3v) is 1.98. The molecule has 0 aromatic carbocycles. The average molecular weight is 223 g/mol. The Bertz CT molecular complexity index is 435. The molecule has 2 N–H and O–H groups in total. The highest BCUT2D eigenvalue weighted by molar-refractivity contribution is 5.79. The first-order valence-corrected chi connectivity index (χ1v) is 4.66. The lowest BCUT2D eigenvalue weighted by atomic mass is 10.2. The van der Waals surface area contributed by atoms with E-state index in [1.807, 2.05) is 0 Å². The first kappa shape index (κ1) is 10.5. The van der Waals surface area contributed by atoms with Crippen molar-refractivity contribution in [2.75, 3.05) is 0 Å². The van der Waals surface area contributed by atoms with Crippen LogP contribution in [0.25, 0.3) is 0 Å². The van der Waals surface area contributed by atoms with Crippen LogP contribution < -0.4 is 15.2 Å². The molecule has 1 aromatic rings. The lowest BCUT2D eigenvalue weighted by Crippen LogP contribution is -2.35. The minimum Gasteiger partial charge on any atom is -0.407 e. The zero-order valence-electron chi connectivity index (χ0n) is 8.25. The molecule has 2 bridgehead atoms. The van der Waals surface area contributed by atoms with E-state index in [1.165, 1.54) is 12.3 Å². The molecule has 2 heterocycles. The van der Waals surface area contributed by atoms with Gasteiger partial charge in [-0.05, 0) is 6.42 Å². The molecule has 0 saturated heterocycles. The van der Waals surface area contributed by atoms with E-state index in [0.29, 0.717) is 0 Å². The number of carbonyl (C=O) groups is 2. The number of rotatable bonds is 0. The van der Waals surface area contributed by atoms with E-state index >= 15 is 0 Å². The number of hydrogen-bond donors (Lipinski definition) is 1. The molecule has 0 radical (unpaired) electrons. The molecule has 84 valence electrons. The first-order valence-electron chi connectivity index (χ1n) is 4.66. The third kappa shape index (κ3) is 2.31. The number of nitrogens with zero attached hydrogens (tertiary/aromatic N) is 2. The van der Waals surface area contributed by atoms with E-state index in [9.17, 15) is 9.59 Å². The maximum Gasteiger partial charge on any atom is 0.330 e. The summed E-state index contributed by atoms with van der Waals surface area (Å²) in [6, 6.07) is 0.349. The predicted molar refractivity (Wildman–Crippen MR) is 50.5 cm³/mol. The van der Waals surface area contributed by atoms with Crippen molar-refractivity contribution in [2.45, 2.75) is 18.9 Å². The Morgan fingerprint density at radius 1 is 1.38 bits per heavy atom. The highest BCUT2D eigenvalue weighted by Crippen LogP contribution is 2.14. The molecule has 0 unspecified atom stereocenters. The molecule has 1 aromatic heterocycles.